The van der Waals surface area contributed by atoms with Gasteiger partial charge in [0, 0.05) is 6.42 Å². The maximum Gasteiger partial charge on any atom is 0.472 e. The van der Waals surface area contributed by atoms with Gasteiger partial charge in [0.2, 0.25) is 5.91 Å². The normalized spacial score (nSPS) is 15.1. The van der Waals surface area contributed by atoms with E-state index in [2.05, 4.69) is 92.1 Å². The molecule has 350 valence electrons. The molecule has 0 aliphatic heterocycles. The highest BCUT2D eigenvalue weighted by molar-refractivity contribution is 7.47. The molecule has 0 aliphatic carbocycles. The van der Waals surface area contributed by atoms with Gasteiger partial charge in [-0.3, -0.25) is 13.8 Å². The molecule has 8 nitrogen and oxygen atoms in total. The number of rotatable bonds is 42. The number of nitrogens with zero attached hydrogens (tertiary/aromatic N) is 1. The Morgan fingerprint density at radius 2 is 1.00 bits per heavy atom. The first kappa shape index (κ1) is 58.4. The molecule has 0 radical (unpaired) electrons. The number of allylic oxidation sites excluding steroid dienone is 14. The number of phosphoric acid groups is 1. The zero-order chi connectivity index (χ0) is 45.0. The summed E-state index contributed by atoms with van der Waals surface area (Å²) in [6.07, 6.45) is 61.0. The topological polar surface area (TPSA) is 105 Å². The third-order valence-electron chi connectivity index (χ3n) is 10.0. The molecule has 0 spiro atoms. The highest BCUT2D eigenvalue weighted by atomic mass is 31.2. The van der Waals surface area contributed by atoms with Gasteiger partial charge in [-0.25, -0.2) is 4.57 Å². The Labute approximate surface area is 375 Å². The first-order chi connectivity index (χ1) is 29.5. The Morgan fingerprint density at radius 3 is 1.48 bits per heavy atom. The number of aliphatic hydroxyl groups excluding tert-OH is 1. The second-order valence-corrected chi connectivity index (χ2v) is 18.6. The number of unbranched alkanes of at least 4 members (excludes halogenated alkanes) is 16. The van der Waals surface area contributed by atoms with Crippen molar-refractivity contribution in [1.82, 2.24) is 5.32 Å². The first-order valence-electron chi connectivity index (χ1n) is 24.1. The van der Waals surface area contributed by atoms with Gasteiger partial charge < -0.3 is 19.8 Å². The lowest BCUT2D eigenvalue weighted by atomic mass is 10.0. The van der Waals surface area contributed by atoms with Crippen molar-refractivity contribution in [2.24, 2.45) is 0 Å². The van der Waals surface area contributed by atoms with Gasteiger partial charge in [-0.15, -0.1) is 0 Å². The molecule has 3 N–H and O–H groups in total. The number of likely N-dealkylation sites (N-methyl/N-ethyl adjacent to an activating group) is 1. The van der Waals surface area contributed by atoms with Crippen LogP contribution in [0.25, 0.3) is 0 Å². The van der Waals surface area contributed by atoms with Crippen molar-refractivity contribution >= 4 is 13.7 Å². The van der Waals surface area contributed by atoms with E-state index >= 15 is 0 Å². The van der Waals surface area contributed by atoms with Crippen LogP contribution in [0, 0.1) is 0 Å². The third-order valence-corrected chi connectivity index (χ3v) is 11.0. The van der Waals surface area contributed by atoms with Gasteiger partial charge in [-0.1, -0.05) is 195 Å². The molecule has 0 fully saturated rings. The molecule has 0 aromatic carbocycles. The van der Waals surface area contributed by atoms with Crippen molar-refractivity contribution in [3.63, 3.8) is 0 Å². The largest absolute Gasteiger partial charge is 0.472 e. The molecular weight excluding hydrogens is 780 g/mol. The summed E-state index contributed by atoms with van der Waals surface area (Å²) in [6, 6.07) is -0.930. The van der Waals surface area contributed by atoms with Gasteiger partial charge in [-0.05, 0) is 70.6 Å². The number of nitrogens with one attached hydrogen (secondary N) is 1. The van der Waals surface area contributed by atoms with E-state index in [-0.39, 0.29) is 25.5 Å². The molecule has 1 amide bonds. The summed E-state index contributed by atoms with van der Waals surface area (Å²) in [5, 5.41) is 13.7. The SMILES string of the molecule is CC/C=C\C/C=C\C/C=C\C/C=C\C/C=C\CC(=O)NC(COP(=O)(O)OCC[N+](C)(C)C)C(O)/C=C/CC/C=C/CC/C=C/CCCCCCCCCCCCCCCC. The second-order valence-electron chi connectivity index (χ2n) is 17.1. The van der Waals surface area contributed by atoms with Crippen LogP contribution in [0.5, 0.6) is 0 Å². The van der Waals surface area contributed by atoms with E-state index in [1.165, 1.54) is 96.3 Å². The van der Waals surface area contributed by atoms with Gasteiger partial charge >= 0.3 is 7.82 Å². The van der Waals surface area contributed by atoms with Crippen LogP contribution in [0.2, 0.25) is 0 Å². The lowest BCUT2D eigenvalue weighted by molar-refractivity contribution is -0.870. The lowest BCUT2D eigenvalue weighted by Gasteiger charge is -2.25. The van der Waals surface area contributed by atoms with E-state index in [9.17, 15) is 19.4 Å². The van der Waals surface area contributed by atoms with Crippen molar-refractivity contribution in [2.75, 3.05) is 40.9 Å². The van der Waals surface area contributed by atoms with Gasteiger partial charge in [-0.2, -0.15) is 0 Å². The van der Waals surface area contributed by atoms with Crippen LogP contribution in [-0.2, 0) is 18.4 Å². The summed E-state index contributed by atoms with van der Waals surface area (Å²) in [5.74, 6) is -0.322. The van der Waals surface area contributed by atoms with Gasteiger partial charge in [0.25, 0.3) is 0 Å². The molecule has 0 saturated heterocycles. The van der Waals surface area contributed by atoms with Crippen molar-refractivity contribution in [3.8, 4) is 0 Å². The molecule has 3 unspecified atom stereocenters. The van der Waals surface area contributed by atoms with Crippen LogP contribution in [0.3, 0.4) is 0 Å². The summed E-state index contributed by atoms with van der Waals surface area (Å²) in [6.45, 7) is 4.58. The third kappa shape index (κ3) is 45.3. The van der Waals surface area contributed by atoms with Crippen LogP contribution in [0.4, 0.5) is 0 Å². The smallest absolute Gasteiger partial charge is 0.387 e. The summed E-state index contributed by atoms with van der Waals surface area (Å²) in [4.78, 5) is 23.1. The predicted molar refractivity (Wildman–Crippen MR) is 262 cm³/mol. The van der Waals surface area contributed by atoms with Gasteiger partial charge in [0.1, 0.15) is 13.2 Å². The van der Waals surface area contributed by atoms with E-state index < -0.39 is 20.0 Å². The fourth-order valence-corrected chi connectivity index (χ4v) is 6.99. The molecule has 0 aromatic rings. The molecule has 0 aromatic heterocycles. The average molecular weight is 872 g/mol. The Bertz CT molecular complexity index is 1310. The number of phosphoric ester groups is 1. The fourth-order valence-electron chi connectivity index (χ4n) is 6.26. The second kappa shape index (κ2) is 42.7. The van der Waals surface area contributed by atoms with Crippen LogP contribution in [0.1, 0.15) is 174 Å². The molecule has 0 saturated carbocycles. The monoisotopic (exact) mass is 872 g/mol. The molecule has 61 heavy (non-hydrogen) atoms. The van der Waals surface area contributed by atoms with Crippen LogP contribution < -0.4 is 5.32 Å². The van der Waals surface area contributed by atoms with Crippen LogP contribution >= 0.6 is 7.82 Å². The van der Waals surface area contributed by atoms with E-state index in [4.69, 9.17) is 9.05 Å². The molecular formula is C52H92N2O6P+. The van der Waals surface area contributed by atoms with Crippen LogP contribution in [-0.4, -0.2) is 73.4 Å². The van der Waals surface area contributed by atoms with Gasteiger partial charge in [0.05, 0.1) is 39.9 Å². The minimum Gasteiger partial charge on any atom is -0.387 e. The molecule has 9 heteroatoms. The maximum atomic E-state index is 12.8. The summed E-state index contributed by atoms with van der Waals surface area (Å²) >= 11 is 0. The zero-order valence-electron chi connectivity index (χ0n) is 39.6. The molecule has 0 aliphatic rings. The van der Waals surface area contributed by atoms with Crippen molar-refractivity contribution in [1.29, 1.82) is 0 Å². The Balaban J connectivity index is 4.53. The van der Waals surface area contributed by atoms with E-state index in [0.717, 1.165) is 51.4 Å². The number of aliphatic hydroxyl groups is 1. The number of amides is 1. The number of carbonyl (C=O) groups is 1. The summed E-state index contributed by atoms with van der Waals surface area (Å²) in [5.41, 5.74) is 0. The quantitative estimate of drug-likeness (QED) is 0.0244. The van der Waals surface area contributed by atoms with Crippen molar-refractivity contribution < 1.29 is 32.9 Å². The summed E-state index contributed by atoms with van der Waals surface area (Å²) < 4.78 is 23.5. The highest BCUT2D eigenvalue weighted by Crippen LogP contribution is 2.43. The highest BCUT2D eigenvalue weighted by Gasteiger charge is 2.27. The fraction of sp³-hybridized carbons (Fsp3) is 0.673. The standard InChI is InChI=1S/C52H91N2O6P/c1-6-8-10-12-14-16-18-20-22-23-24-25-26-27-28-29-30-32-33-35-37-39-41-43-45-51(55)50(49-60-61(57,58)59-48-47-54(3,4)5)53-52(56)46-44-42-40-38-36-34-31-21-19-17-15-13-11-9-7-2/h9,11,15,17,21,29-31,35-38,42-45,50-51,55H,6-8,10,12-14,16,18-20,22-28,32-34,39-41,46-49H2,1-5H3,(H-,53,56,57,58)/p+1/b11-9-,17-15-,30-29+,31-21-,37-35+,38-36-,44-42-,45-43+. The van der Waals surface area contributed by atoms with E-state index in [1.807, 2.05) is 33.3 Å². The number of quaternary nitrogens is 1. The Morgan fingerprint density at radius 1 is 0.574 bits per heavy atom. The molecule has 0 bridgehead atoms. The predicted octanol–water partition coefficient (Wildman–Crippen LogP) is 13.9. The minimum atomic E-state index is -4.38. The van der Waals surface area contributed by atoms with Crippen molar-refractivity contribution in [3.05, 3.63) is 97.2 Å². The van der Waals surface area contributed by atoms with Crippen molar-refractivity contribution in [2.45, 2.75) is 187 Å². The first-order valence-corrected chi connectivity index (χ1v) is 25.6. The minimum absolute atomic E-state index is 0.0319. The van der Waals surface area contributed by atoms with E-state index in [1.54, 1.807) is 12.2 Å². The average Bonchev–Trinajstić information content (AvgIpc) is 3.21. The zero-order valence-corrected chi connectivity index (χ0v) is 40.5. The lowest BCUT2D eigenvalue weighted by Crippen LogP contribution is -2.45. The number of hydrogen-bond donors (Lipinski definition) is 3. The number of hydrogen-bond acceptors (Lipinski definition) is 5. The maximum absolute atomic E-state index is 12.8. The Kier molecular flexibility index (Phi) is 40.9. The van der Waals surface area contributed by atoms with Crippen LogP contribution in [0.15, 0.2) is 97.2 Å². The number of carbonyl (C=O) groups excluding carboxylic acids is 1. The Hall–Kier alpha value is -2.58. The van der Waals surface area contributed by atoms with Gasteiger partial charge in [0.15, 0.2) is 0 Å². The molecule has 3 atom stereocenters. The molecule has 0 rings (SSSR count). The van der Waals surface area contributed by atoms with E-state index in [0.29, 0.717) is 17.4 Å². The molecule has 0 heterocycles. The summed E-state index contributed by atoms with van der Waals surface area (Å²) in [7, 11) is 1.47.